The number of aryl methyl sites for hydroxylation is 1. The van der Waals surface area contributed by atoms with Crippen LogP contribution in [0.3, 0.4) is 0 Å². The number of amides is 2. The second kappa shape index (κ2) is 12.2. The Bertz CT molecular complexity index is 1490. The summed E-state index contributed by atoms with van der Waals surface area (Å²) in [5.74, 6) is 0.492. The summed E-state index contributed by atoms with van der Waals surface area (Å²) in [7, 11) is 3.12. The second-order valence-electron chi connectivity index (χ2n) is 10.2. The highest BCUT2D eigenvalue weighted by Crippen LogP contribution is 2.35. The van der Waals surface area contributed by atoms with E-state index in [4.69, 9.17) is 9.47 Å². The van der Waals surface area contributed by atoms with Crippen molar-refractivity contribution >= 4 is 28.5 Å². The Labute approximate surface area is 234 Å². The zero-order valence-electron chi connectivity index (χ0n) is 23.2. The number of methoxy groups -OCH3 is 2. The van der Waals surface area contributed by atoms with Crippen LogP contribution < -0.4 is 19.7 Å². The van der Waals surface area contributed by atoms with E-state index in [-0.39, 0.29) is 24.4 Å². The number of benzene rings is 3. The van der Waals surface area contributed by atoms with E-state index in [0.717, 1.165) is 36.8 Å². The maximum atomic E-state index is 14.3. The molecule has 1 N–H and O–H groups in total. The first-order valence-corrected chi connectivity index (χ1v) is 13.7. The van der Waals surface area contributed by atoms with Crippen molar-refractivity contribution in [2.24, 2.45) is 0 Å². The molecule has 0 unspecified atom stereocenters. The smallest absolute Gasteiger partial charge is 0.249 e. The third kappa shape index (κ3) is 5.78. The summed E-state index contributed by atoms with van der Waals surface area (Å²) >= 11 is 0. The van der Waals surface area contributed by atoms with Crippen LogP contribution in [0.2, 0.25) is 0 Å². The van der Waals surface area contributed by atoms with E-state index in [1.54, 1.807) is 35.9 Å². The lowest BCUT2D eigenvalue weighted by Crippen LogP contribution is -2.48. The number of fused-ring (bicyclic) bond motifs is 1. The lowest BCUT2D eigenvalue weighted by atomic mass is 9.94. The molecule has 0 aliphatic heterocycles. The molecule has 1 heterocycles. The van der Waals surface area contributed by atoms with Crippen LogP contribution in [0.1, 0.15) is 49.3 Å². The summed E-state index contributed by atoms with van der Waals surface area (Å²) < 4.78 is 12.6. The van der Waals surface area contributed by atoms with Gasteiger partial charge in [-0.15, -0.1) is 5.10 Å². The minimum Gasteiger partial charge on any atom is -0.493 e. The highest BCUT2D eigenvalue weighted by molar-refractivity contribution is 6.01. The highest BCUT2D eigenvalue weighted by atomic mass is 16.5. The van der Waals surface area contributed by atoms with Gasteiger partial charge in [0.2, 0.25) is 11.8 Å². The van der Waals surface area contributed by atoms with Crippen LogP contribution in [0, 0.1) is 6.92 Å². The van der Waals surface area contributed by atoms with Gasteiger partial charge < -0.3 is 14.8 Å². The normalized spacial score (nSPS) is 14.5. The van der Waals surface area contributed by atoms with Gasteiger partial charge in [-0.1, -0.05) is 54.8 Å². The fraction of sp³-hybridized carbons (Fsp3) is 0.355. The minimum atomic E-state index is -0.953. The fourth-order valence-electron chi connectivity index (χ4n) is 5.42. The molecule has 4 aromatic rings. The quantitative estimate of drug-likeness (QED) is 0.321. The maximum Gasteiger partial charge on any atom is 0.249 e. The summed E-state index contributed by atoms with van der Waals surface area (Å²) in [6.45, 7) is 1.87. The van der Waals surface area contributed by atoms with Crippen LogP contribution in [-0.4, -0.2) is 47.1 Å². The molecule has 0 saturated heterocycles. The second-order valence-corrected chi connectivity index (χ2v) is 10.2. The molecule has 208 valence electrons. The first-order valence-electron chi connectivity index (χ1n) is 13.7. The molecular weight excluding hydrogens is 506 g/mol. The van der Waals surface area contributed by atoms with Gasteiger partial charge in [-0.2, -0.15) is 0 Å². The van der Waals surface area contributed by atoms with Gasteiger partial charge in [0, 0.05) is 11.7 Å². The largest absolute Gasteiger partial charge is 0.493 e. The van der Waals surface area contributed by atoms with E-state index in [0.29, 0.717) is 28.3 Å². The fourth-order valence-corrected chi connectivity index (χ4v) is 5.42. The van der Waals surface area contributed by atoms with Crippen LogP contribution in [0.5, 0.6) is 11.5 Å². The number of para-hydroxylation sites is 1. The zero-order chi connectivity index (χ0) is 28.1. The SMILES string of the molecule is COc1ccc([C@H](C(=O)NC2CCCCC2)N(C(=O)Cn2nnc3ccccc32)c2cccc(C)c2)cc1OC. The molecule has 0 spiro atoms. The third-order valence-corrected chi connectivity index (χ3v) is 7.44. The van der Waals surface area contributed by atoms with Crippen molar-refractivity contribution in [1.82, 2.24) is 20.3 Å². The minimum absolute atomic E-state index is 0.0672. The van der Waals surface area contributed by atoms with E-state index in [9.17, 15) is 9.59 Å². The molecule has 5 rings (SSSR count). The number of carbonyl (C=O) groups excluding carboxylic acids is 2. The van der Waals surface area contributed by atoms with Crippen LogP contribution in [-0.2, 0) is 16.1 Å². The van der Waals surface area contributed by atoms with Gasteiger partial charge in [0.1, 0.15) is 18.1 Å². The Kier molecular flexibility index (Phi) is 8.28. The van der Waals surface area contributed by atoms with Crippen molar-refractivity contribution < 1.29 is 19.1 Å². The Morgan fingerprint density at radius 1 is 0.975 bits per heavy atom. The summed E-state index contributed by atoms with van der Waals surface area (Å²) in [5.41, 5.74) is 3.65. The van der Waals surface area contributed by atoms with Crippen LogP contribution in [0.15, 0.2) is 66.7 Å². The number of nitrogens with zero attached hydrogens (tertiary/aromatic N) is 4. The average Bonchev–Trinajstić information content (AvgIpc) is 3.38. The summed E-state index contributed by atoms with van der Waals surface area (Å²) in [6.07, 6.45) is 5.17. The molecule has 1 saturated carbocycles. The van der Waals surface area contributed by atoms with Gasteiger partial charge >= 0.3 is 0 Å². The maximum absolute atomic E-state index is 14.3. The molecule has 0 bridgehead atoms. The molecule has 2 amide bonds. The average molecular weight is 542 g/mol. The Hall–Kier alpha value is -4.40. The number of carbonyl (C=O) groups is 2. The molecule has 0 radical (unpaired) electrons. The van der Waals surface area contributed by atoms with Gasteiger partial charge in [0.15, 0.2) is 11.5 Å². The monoisotopic (exact) mass is 541 g/mol. The molecule has 9 heteroatoms. The number of aromatic nitrogens is 3. The van der Waals surface area contributed by atoms with Crippen molar-refractivity contribution in [2.75, 3.05) is 19.1 Å². The summed E-state index contributed by atoms with van der Waals surface area (Å²) in [6, 6.07) is 19.6. The molecule has 3 aromatic carbocycles. The van der Waals surface area contributed by atoms with Crippen molar-refractivity contribution in [3.8, 4) is 11.5 Å². The van der Waals surface area contributed by atoms with E-state index >= 15 is 0 Å². The van der Waals surface area contributed by atoms with Crippen LogP contribution in [0.25, 0.3) is 11.0 Å². The van der Waals surface area contributed by atoms with Crippen molar-refractivity contribution in [2.45, 2.75) is 57.7 Å². The van der Waals surface area contributed by atoms with Crippen molar-refractivity contribution in [3.63, 3.8) is 0 Å². The van der Waals surface area contributed by atoms with E-state index < -0.39 is 6.04 Å². The number of ether oxygens (including phenoxy) is 2. The van der Waals surface area contributed by atoms with Gasteiger partial charge in [0.25, 0.3) is 0 Å². The molecule has 40 heavy (non-hydrogen) atoms. The number of hydrogen-bond donors (Lipinski definition) is 1. The number of anilines is 1. The molecular formula is C31H35N5O4. The predicted octanol–water partition coefficient (Wildman–Crippen LogP) is 4.98. The Balaban J connectivity index is 1.60. The molecule has 9 nitrogen and oxygen atoms in total. The molecule has 1 fully saturated rings. The van der Waals surface area contributed by atoms with Gasteiger partial charge in [-0.05, 0) is 67.3 Å². The summed E-state index contributed by atoms with van der Waals surface area (Å²) in [5, 5.41) is 11.7. The standard InChI is InChI=1S/C31H35N5O4/c1-21-10-9-13-24(18-21)36(29(37)20-35-26-15-8-7-14-25(26)33-34-35)30(31(38)32-23-11-5-4-6-12-23)22-16-17-27(39-2)28(19-22)40-3/h7-10,13-19,23,30H,4-6,11-12,20H2,1-3H3,(H,32,38)/t30-/m1/s1. The molecule has 1 aromatic heterocycles. The van der Waals surface area contributed by atoms with Gasteiger partial charge in [0.05, 0.1) is 19.7 Å². The van der Waals surface area contributed by atoms with Crippen LogP contribution in [0.4, 0.5) is 5.69 Å². The molecule has 1 aliphatic carbocycles. The molecule has 1 atom stereocenters. The van der Waals surface area contributed by atoms with Crippen molar-refractivity contribution in [3.05, 3.63) is 77.9 Å². The Morgan fingerprint density at radius 3 is 2.50 bits per heavy atom. The topological polar surface area (TPSA) is 98.6 Å². The lowest BCUT2D eigenvalue weighted by Gasteiger charge is -2.34. The van der Waals surface area contributed by atoms with Crippen molar-refractivity contribution in [1.29, 1.82) is 0 Å². The van der Waals surface area contributed by atoms with E-state index in [2.05, 4.69) is 15.6 Å². The first kappa shape index (κ1) is 27.2. The van der Waals surface area contributed by atoms with Crippen LogP contribution >= 0.6 is 0 Å². The van der Waals surface area contributed by atoms with Gasteiger partial charge in [-0.25, -0.2) is 4.68 Å². The predicted molar refractivity (Wildman–Crippen MR) is 153 cm³/mol. The third-order valence-electron chi connectivity index (χ3n) is 7.44. The Morgan fingerprint density at radius 2 is 1.75 bits per heavy atom. The van der Waals surface area contributed by atoms with E-state index in [1.165, 1.54) is 6.42 Å². The van der Waals surface area contributed by atoms with E-state index in [1.807, 2.05) is 61.5 Å². The first-order chi connectivity index (χ1) is 19.5. The number of rotatable bonds is 9. The zero-order valence-corrected chi connectivity index (χ0v) is 23.2. The number of nitrogens with one attached hydrogen (secondary N) is 1. The molecule has 1 aliphatic rings. The number of hydrogen-bond acceptors (Lipinski definition) is 6. The lowest BCUT2D eigenvalue weighted by molar-refractivity contribution is -0.127. The van der Waals surface area contributed by atoms with Gasteiger partial charge in [-0.3, -0.25) is 14.5 Å². The highest BCUT2D eigenvalue weighted by Gasteiger charge is 2.35. The summed E-state index contributed by atoms with van der Waals surface area (Å²) in [4.78, 5) is 30.0.